The summed E-state index contributed by atoms with van der Waals surface area (Å²) >= 11 is 0. The molecule has 0 aliphatic carbocycles. The van der Waals surface area contributed by atoms with Crippen molar-refractivity contribution in [3.8, 4) is 0 Å². The molecule has 0 unspecified atom stereocenters. The van der Waals surface area contributed by atoms with Crippen molar-refractivity contribution in [2.45, 2.75) is 6.92 Å². The third kappa shape index (κ3) is 2.80. The third-order valence-corrected chi connectivity index (χ3v) is 3.43. The summed E-state index contributed by atoms with van der Waals surface area (Å²) in [5, 5.41) is 3.71. The lowest BCUT2D eigenvalue weighted by Gasteiger charge is -2.28. The second kappa shape index (κ2) is 6.05. The average Bonchev–Trinajstić information content (AvgIpc) is 2.55. The maximum Gasteiger partial charge on any atom is 0.289 e. The summed E-state index contributed by atoms with van der Waals surface area (Å²) in [6.45, 7) is 5.33. The molecule has 21 heavy (non-hydrogen) atoms. The number of hydrogen-bond acceptors (Lipinski definition) is 5. The van der Waals surface area contributed by atoms with Crippen LogP contribution < -0.4 is 10.2 Å². The van der Waals surface area contributed by atoms with E-state index < -0.39 is 0 Å². The van der Waals surface area contributed by atoms with E-state index >= 15 is 0 Å². The molecule has 6 nitrogen and oxygen atoms in total. The summed E-state index contributed by atoms with van der Waals surface area (Å²) in [4.78, 5) is 23.1. The van der Waals surface area contributed by atoms with Crippen LogP contribution in [0.25, 0.3) is 10.9 Å². The van der Waals surface area contributed by atoms with E-state index in [2.05, 4.69) is 20.2 Å². The minimum Gasteiger partial charge on any atom is -0.378 e. The minimum absolute atomic E-state index is 0.219. The van der Waals surface area contributed by atoms with Gasteiger partial charge in [0.2, 0.25) is 5.82 Å². The van der Waals surface area contributed by atoms with Gasteiger partial charge in [0.05, 0.1) is 18.7 Å². The highest BCUT2D eigenvalue weighted by Crippen LogP contribution is 2.24. The van der Waals surface area contributed by atoms with Crippen LogP contribution in [0.1, 0.15) is 17.5 Å². The molecule has 2 heterocycles. The SMILES string of the molecule is CCNC(=O)c1nc(N2CCOCC2)c2ccccc2n1. The van der Waals surface area contributed by atoms with Crippen LogP contribution in [-0.4, -0.2) is 48.7 Å². The van der Waals surface area contributed by atoms with Gasteiger partial charge in [-0.3, -0.25) is 4.79 Å². The van der Waals surface area contributed by atoms with Crippen molar-refractivity contribution >= 4 is 22.6 Å². The Morgan fingerprint density at radius 1 is 1.29 bits per heavy atom. The Balaban J connectivity index is 2.08. The van der Waals surface area contributed by atoms with E-state index in [1.165, 1.54) is 0 Å². The molecule has 2 aromatic rings. The van der Waals surface area contributed by atoms with Gasteiger partial charge in [0.15, 0.2) is 0 Å². The van der Waals surface area contributed by atoms with Crippen LogP contribution in [0.15, 0.2) is 24.3 Å². The van der Waals surface area contributed by atoms with Crippen molar-refractivity contribution in [3.05, 3.63) is 30.1 Å². The van der Waals surface area contributed by atoms with E-state index in [9.17, 15) is 4.79 Å². The van der Waals surface area contributed by atoms with Crippen molar-refractivity contribution in [3.63, 3.8) is 0 Å². The first-order valence-corrected chi connectivity index (χ1v) is 7.17. The molecule has 1 saturated heterocycles. The molecule has 1 aliphatic rings. The number of hydrogen-bond donors (Lipinski definition) is 1. The fourth-order valence-electron chi connectivity index (χ4n) is 2.42. The van der Waals surface area contributed by atoms with Gasteiger partial charge in [-0.15, -0.1) is 0 Å². The molecule has 0 atom stereocenters. The van der Waals surface area contributed by atoms with Crippen LogP contribution in [0.4, 0.5) is 5.82 Å². The molecule has 1 N–H and O–H groups in total. The van der Waals surface area contributed by atoms with Gasteiger partial charge < -0.3 is 15.0 Å². The largest absolute Gasteiger partial charge is 0.378 e. The molecular weight excluding hydrogens is 268 g/mol. The fourth-order valence-corrected chi connectivity index (χ4v) is 2.42. The Kier molecular flexibility index (Phi) is 3.96. The molecule has 1 aromatic carbocycles. The van der Waals surface area contributed by atoms with Crippen molar-refractivity contribution in [1.29, 1.82) is 0 Å². The van der Waals surface area contributed by atoms with E-state index in [-0.39, 0.29) is 11.7 Å². The van der Waals surface area contributed by atoms with Gasteiger partial charge in [0, 0.05) is 25.0 Å². The van der Waals surface area contributed by atoms with Crippen LogP contribution in [-0.2, 0) is 4.74 Å². The fraction of sp³-hybridized carbons (Fsp3) is 0.400. The lowest BCUT2D eigenvalue weighted by atomic mass is 10.2. The van der Waals surface area contributed by atoms with Crippen LogP contribution in [0.2, 0.25) is 0 Å². The van der Waals surface area contributed by atoms with Gasteiger partial charge in [-0.05, 0) is 19.1 Å². The standard InChI is InChI=1S/C15H18N4O2/c1-2-16-15(20)13-17-12-6-4-3-5-11(12)14(18-13)19-7-9-21-10-8-19/h3-6H,2,7-10H2,1H3,(H,16,20). The van der Waals surface area contributed by atoms with Gasteiger partial charge in [0.25, 0.3) is 5.91 Å². The van der Waals surface area contributed by atoms with Gasteiger partial charge in [-0.2, -0.15) is 0 Å². The number of para-hydroxylation sites is 1. The quantitative estimate of drug-likeness (QED) is 0.919. The predicted octanol–water partition coefficient (Wildman–Crippen LogP) is 1.22. The molecule has 0 bridgehead atoms. The number of carbonyl (C=O) groups is 1. The number of carbonyl (C=O) groups excluding carboxylic acids is 1. The average molecular weight is 286 g/mol. The number of rotatable bonds is 3. The normalized spacial score (nSPS) is 15.2. The number of amides is 1. The number of benzene rings is 1. The zero-order valence-electron chi connectivity index (χ0n) is 12.0. The highest BCUT2D eigenvalue weighted by atomic mass is 16.5. The van der Waals surface area contributed by atoms with Crippen molar-refractivity contribution in [2.24, 2.45) is 0 Å². The molecule has 1 fully saturated rings. The van der Waals surface area contributed by atoms with Gasteiger partial charge >= 0.3 is 0 Å². The number of nitrogens with zero attached hydrogens (tertiary/aromatic N) is 3. The van der Waals surface area contributed by atoms with Crippen LogP contribution >= 0.6 is 0 Å². The molecular formula is C15H18N4O2. The van der Waals surface area contributed by atoms with E-state index in [0.29, 0.717) is 19.8 Å². The monoisotopic (exact) mass is 286 g/mol. The first-order chi connectivity index (χ1) is 10.3. The van der Waals surface area contributed by atoms with Gasteiger partial charge in [-0.25, -0.2) is 9.97 Å². The third-order valence-electron chi connectivity index (χ3n) is 3.43. The second-order valence-corrected chi connectivity index (χ2v) is 4.85. The number of ether oxygens (including phenoxy) is 1. The molecule has 0 spiro atoms. The van der Waals surface area contributed by atoms with Gasteiger partial charge in [0.1, 0.15) is 5.82 Å². The Morgan fingerprint density at radius 2 is 2.05 bits per heavy atom. The van der Waals surface area contributed by atoms with E-state index in [0.717, 1.165) is 29.8 Å². The predicted molar refractivity (Wildman–Crippen MR) is 80.6 cm³/mol. The minimum atomic E-state index is -0.238. The molecule has 1 amide bonds. The summed E-state index contributed by atoms with van der Waals surface area (Å²) in [7, 11) is 0. The first kappa shape index (κ1) is 13.8. The van der Waals surface area contributed by atoms with Crippen LogP contribution in [0, 0.1) is 0 Å². The molecule has 1 aliphatic heterocycles. The Morgan fingerprint density at radius 3 is 2.81 bits per heavy atom. The molecule has 6 heteroatoms. The maximum absolute atomic E-state index is 12.0. The van der Waals surface area contributed by atoms with E-state index in [4.69, 9.17) is 4.74 Å². The zero-order chi connectivity index (χ0) is 14.7. The van der Waals surface area contributed by atoms with Gasteiger partial charge in [-0.1, -0.05) is 12.1 Å². The Labute approximate surface area is 123 Å². The zero-order valence-corrected chi connectivity index (χ0v) is 12.0. The van der Waals surface area contributed by atoms with Crippen molar-refractivity contribution in [2.75, 3.05) is 37.7 Å². The highest BCUT2D eigenvalue weighted by Gasteiger charge is 2.19. The maximum atomic E-state index is 12.0. The summed E-state index contributed by atoms with van der Waals surface area (Å²) in [6, 6.07) is 7.77. The Hall–Kier alpha value is -2.21. The summed E-state index contributed by atoms with van der Waals surface area (Å²) in [5.41, 5.74) is 0.787. The van der Waals surface area contributed by atoms with Crippen molar-refractivity contribution < 1.29 is 9.53 Å². The number of anilines is 1. The summed E-state index contributed by atoms with van der Waals surface area (Å²) in [6.07, 6.45) is 0. The number of aromatic nitrogens is 2. The smallest absolute Gasteiger partial charge is 0.289 e. The Bertz CT molecular complexity index is 653. The molecule has 3 rings (SSSR count). The highest BCUT2D eigenvalue weighted by molar-refractivity contribution is 5.96. The lowest BCUT2D eigenvalue weighted by molar-refractivity contribution is 0.0945. The molecule has 110 valence electrons. The first-order valence-electron chi connectivity index (χ1n) is 7.17. The lowest BCUT2D eigenvalue weighted by Crippen LogP contribution is -2.37. The van der Waals surface area contributed by atoms with E-state index in [1.54, 1.807) is 0 Å². The number of morpholine rings is 1. The molecule has 0 saturated carbocycles. The number of nitrogens with one attached hydrogen (secondary N) is 1. The number of fused-ring (bicyclic) bond motifs is 1. The van der Waals surface area contributed by atoms with Crippen molar-refractivity contribution in [1.82, 2.24) is 15.3 Å². The van der Waals surface area contributed by atoms with Crippen LogP contribution in [0.5, 0.6) is 0 Å². The molecule has 0 radical (unpaired) electrons. The van der Waals surface area contributed by atoms with Crippen LogP contribution in [0.3, 0.4) is 0 Å². The summed E-state index contributed by atoms with van der Waals surface area (Å²) < 4.78 is 5.39. The summed E-state index contributed by atoms with van der Waals surface area (Å²) in [5.74, 6) is 0.792. The van der Waals surface area contributed by atoms with E-state index in [1.807, 2.05) is 31.2 Å². The molecule has 1 aromatic heterocycles. The topological polar surface area (TPSA) is 67.4 Å². The second-order valence-electron chi connectivity index (χ2n) is 4.85.